The van der Waals surface area contributed by atoms with Gasteiger partial charge in [-0.25, -0.2) is 4.98 Å². The summed E-state index contributed by atoms with van der Waals surface area (Å²) < 4.78 is 2.42. The number of imidazole rings is 1. The summed E-state index contributed by atoms with van der Waals surface area (Å²) >= 11 is 1.99. The lowest BCUT2D eigenvalue weighted by molar-refractivity contribution is 0.194. The highest BCUT2D eigenvalue weighted by molar-refractivity contribution is 7.98. The minimum absolute atomic E-state index is 0.498. The van der Waals surface area contributed by atoms with E-state index in [1.165, 1.54) is 17.3 Å². The van der Waals surface area contributed by atoms with Crippen molar-refractivity contribution in [2.45, 2.75) is 18.3 Å². The average Bonchev–Trinajstić information content (AvgIpc) is 2.74. The van der Waals surface area contributed by atoms with E-state index in [9.17, 15) is 0 Å². The molecule has 0 saturated carbocycles. The molecule has 3 rings (SSSR count). The van der Waals surface area contributed by atoms with Crippen LogP contribution >= 0.6 is 11.8 Å². The van der Waals surface area contributed by atoms with Crippen molar-refractivity contribution in [1.82, 2.24) is 19.8 Å². The standard InChI is InChI=1S/C11H18N4S/c1-14-3-2-12-6-9(14)10-7-13-11-8-16-5-4-15(10)11/h7,9,12H,2-6,8H2,1H3. The lowest BCUT2D eigenvalue weighted by Gasteiger charge is -2.34. The van der Waals surface area contributed by atoms with E-state index in [-0.39, 0.29) is 0 Å². The molecule has 0 aromatic carbocycles. The molecule has 88 valence electrons. The number of hydrogen-bond acceptors (Lipinski definition) is 4. The molecule has 3 heterocycles. The molecule has 1 fully saturated rings. The van der Waals surface area contributed by atoms with Gasteiger partial charge in [-0.15, -0.1) is 0 Å². The number of aromatic nitrogens is 2. The van der Waals surface area contributed by atoms with Gasteiger partial charge in [0.1, 0.15) is 5.82 Å². The number of fused-ring (bicyclic) bond motifs is 1. The zero-order chi connectivity index (χ0) is 11.0. The fourth-order valence-corrected chi connectivity index (χ4v) is 3.39. The van der Waals surface area contributed by atoms with Gasteiger partial charge in [0.2, 0.25) is 0 Å². The molecule has 5 heteroatoms. The maximum Gasteiger partial charge on any atom is 0.118 e. The number of thioether (sulfide) groups is 1. The normalized spacial score (nSPS) is 26.7. The second-order valence-electron chi connectivity index (χ2n) is 4.50. The fraction of sp³-hybridized carbons (Fsp3) is 0.727. The molecule has 0 aliphatic carbocycles. The van der Waals surface area contributed by atoms with Crippen LogP contribution in [0, 0.1) is 0 Å². The summed E-state index contributed by atoms with van der Waals surface area (Å²) in [5.74, 6) is 3.55. The second kappa shape index (κ2) is 4.39. The number of rotatable bonds is 1. The van der Waals surface area contributed by atoms with Gasteiger partial charge in [0.15, 0.2) is 0 Å². The summed E-state index contributed by atoms with van der Waals surface area (Å²) in [6.07, 6.45) is 2.08. The van der Waals surface area contributed by atoms with Gasteiger partial charge in [-0.3, -0.25) is 4.90 Å². The Bertz CT molecular complexity index is 376. The number of piperazine rings is 1. The van der Waals surface area contributed by atoms with Crippen LogP contribution in [0.25, 0.3) is 0 Å². The van der Waals surface area contributed by atoms with Crippen LogP contribution in [0.4, 0.5) is 0 Å². The Hall–Kier alpha value is -0.520. The minimum atomic E-state index is 0.498. The van der Waals surface area contributed by atoms with Gasteiger partial charge in [0, 0.05) is 31.9 Å². The zero-order valence-corrected chi connectivity index (χ0v) is 10.5. The van der Waals surface area contributed by atoms with Crippen LogP contribution in [-0.2, 0) is 12.3 Å². The van der Waals surface area contributed by atoms with Crippen LogP contribution in [0.2, 0.25) is 0 Å². The molecule has 0 bridgehead atoms. The van der Waals surface area contributed by atoms with Crippen molar-refractivity contribution in [1.29, 1.82) is 0 Å². The van der Waals surface area contributed by atoms with Crippen LogP contribution in [0.1, 0.15) is 17.6 Å². The van der Waals surface area contributed by atoms with Crippen molar-refractivity contribution in [3.8, 4) is 0 Å². The number of hydrogen-bond donors (Lipinski definition) is 1. The Kier molecular flexibility index (Phi) is 2.91. The molecule has 1 atom stereocenters. The first-order valence-corrected chi connectivity index (χ1v) is 7.05. The van der Waals surface area contributed by atoms with Crippen molar-refractivity contribution in [3.05, 3.63) is 17.7 Å². The van der Waals surface area contributed by atoms with E-state index in [0.29, 0.717) is 6.04 Å². The third kappa shape index (κ3) is 1.77. The molecular weight excluding hydrogens is 220 g/mol. The van der Waals surface area contributed by atoms with E-state index in [1.54, 1.807) is 0 Å². The predicted octanol–water partition coefficient (Wildman–Crippen LogP) is 0.706. The number of likely N-dealkylation sites (N-methyl/N-ethyl adjacent to an activating group) is 1. The van der Waals surface area contributed by atoms with E-state index < -0.39 is 0 Å². The third-order valence-electron chi connectivity index (χ3n) is 3.51. The maximum absolute atomic E-state index is 4.55. The molecule has 4 nitrogen and oxygen atoms in total. The first-order valence-electron chi connectivity index (χ1n) is 5.89. The number of nitrogens with one attached hydrogen (secondary N) is 1. The van der Waals surface area contributed by atoms with Gasteiger partial charge >= 0.3 is 0 Å². The van der Waals surface area contributed by atoms with Crippen LogP contribution in [0.5, 0.6) is 0 Å². The van der Waals surface area contributed by atoms with Crippen molar-refractivity contribution in [2.24, 2.45) is 0 Å². The van der Waals surface area contributed by atoms with Gasteiger partial charge in [0.25, 0.3) is 0 Å². The molecule has 1 unspecified atom stereocenters. The van der Waals surface area contributed by atoms with Crippen molar-refractivity contribution in [3.63, 3.8) is 0 Å². The summed E-state index contributed by atoms with van der Waals surface area (Å²) in [6, 6.07) is 0.498. The molecule has 2 aliphatic heterocycles. The van der Waals surface area contributed by atoms with Crippen LogP contribution in [-0.4, -0.2) is 46.9 Å². The maximum atomic E-state index is 4.55. The predicted molar refractivity (Wildman–Crippen MR) is 66.6 cm³/mol. The molecule has 0 radical (unpaired) electrons. The quantitative estimate of drug-likeness (QED) is 0.781. The highest BCUT2D eigenvalue weighted by Crippen LogP contribution is 2.26. The molecule has 1 aromatic heterocycles. The number of nitrogens with zero attached hydrogens (tertiary/aromatic N) is 3. The lowest BCUT2D eigenvalue weighted by atomic mass is 10.1. The van der Waals surface area contributed by atoms with Crippen molar-refractivity contribution >= 4 is 11.8 Å². The van der Waals surface area contributed by atoms with Crippen LogP contribution < -0.4 is 5.32 Å². The van der Waals surface area contributed by atoms with E-state index in [2.05, 4.69) is 33.0 Å². The smallest absolute Gasteiger partial charge is 0.118 e. The van der Waals surface area contributed by atoms with Gasteiger partial charge in [-0.1, -0.05) is 0 Å². The molecular formula is C11H18N4S. The molecule has 0 spiro atoms. The first-order chi connectivity index (χ1) is 7.86. The molecule has 1 saturated heterocycles. The van der Waals surface area contributed by atoms with Gasteiger partial charge in [-0.05, 0) is 7.05 Å². The van der Waals surface area contributed by atoms with E-state index in [0.717, 1.165) is 31.9 Å². The zero-order valence-electron chi connectivity index (χ0n) is 9.65. The summed E-state index contributed by atoms with van der Waals surface area (Å²) in [7, 11) is 2.21. The Morgan fingerprint density at radius 3 is 3.31 bits per heavy atom. The molecule has 2 aliphatic rings. The lowest BCUT2D eigenvalue weighted by Crippen LogP contribution is -2.44. The topological polar surface area (TPSA) is 33.1 Å². The largest absolute Gasteiger partial charge is 0.329 e. The van der Waals surface area contributed by atoms with Crippen molar-refractivity contribution < 1.29 is 0 Å². The summed E-state index contributed by atoms with van der Waals surface area (Å²) in [5, 5.41) is 3.47. The Labute approximate surface area is 100 Å². The van der Waals surface area contributed by atoms with Crippen LogP contribution in [0.15, 0.2) is 6.20 Å². The molecule has 0 amide bonds. The monoisotopic (exact) mass is 238 g/mol. The fourth-order valence-electron chi connectivity index (χ4n) is 2.52. The van der Waals surface area contributed by atoms with Gasteiger partial charge in [-0.2, -0.15) is 11.8 Å². The second-order valence-corrected chi connectivity index (χ2v) is 5.61. The van der Waals surface area contributed by atoms with E-state index >= 15 is 0 Å². The summed E-state index contributed by atoms with van der Waals surface area (Å²) in [5.41, 5.74) is 1.39. The highest BCUT2D eigenvalue weighted by atomic mass is 32.2. The Morgan fingerprint density at radius 1 is 1.50 bits per heavy atom. The Balaban J connectivity index is 1.90. The highest BCUT2D eigenvalue weighted by Gasteiger charge is 2.25. The SMILES string of the molecule is CN1CCNCC1c1cnc2n1CCSC2. The average molecular weight is 238 g/mol. The first kappa shape index (κ1) is 10.6. The molecule has 16 heavy (non-hydrogen) atoms. The van der Waals surface area contributed by atoms with E-state index in [1.807, 2.05) is 11.8 Å². The van der Waals surface area contributed by atoms with Crippen LogP contribution in [0.3, 0.4) is 0 Å². The molecule has 1 aromatic rings. The van der Waals surface area contributed by atoms with Gasteiger partial charge in [0.05, 0.1) is 23.7 Å². The summed E-state index contributed by atoms with van der Waals surface area (Å²) in [6.45, 7) is 4.40. The summed E-state index contributed by atoms with van der Waals surface area (Å²) in [4.78, 5) is 6.99. The van der Waals surface area contributed by atoms with Gasteiger partial charge < -0.3 is 9.88 Å². The Morgan fingerprint density at radius 2 is 2.44 bits per heavy atom. The van der Waals surface area contributed by atoms with E-state index in [4.69, 9.17) is 0 Å². The minimum Gasteiger partial charge on any atom is -0.329 e. The third-order valence-corrected chi connectivity index (χ3v) is 4.45. The molecule has 1 N–H and O–H groups in total. The van der Waals surface area contributed by atoms with Crippen molar-refractivity contribution in [2.75, 3.05) is 32.4 Å².